The van der Waals surface area contributed by atoms with E-state index in [4.69, 9.17) is 22.5 Å². The number of benzene rings is 1. The number of nitrogens with zero attached hydrogens (tertiary/aromatic N) is 2. The predicted octanol–water partition coefficient (Wildman–Crippen LogP) is 0.299. The number of nitrogens with one attached hydrogen (secondary N) is 2. The second-order valence-corrected chi connectivity index (χ2v) is 8.44. The van der Waals surface area contributed by atoms with Crippen molar-refractivity contribution in [2.24, 2.45) is 5.73 Å². The van der Waals surface area contributed by atoms with Gasteiger partial charge >= 0.3 is 0 Å². The molecule has 1 fully saturated rings. The Hall–Kier alpha value is -1.43. The number of unbranched alkanes of at least 4 members (excludes halogenated alkanes) is 1. The number of anilines is 1. The molecule has 1 atom stereocenters. The molecule has 1 aromatic carbocycles. The van der Waals surface area contributed by atoms with Gasteiger partial charge in [-0.3, -0.25) is 10.0 Å². The zero-order chi connectivity index (χ0) is 19.9. The van der Waals surface area contributed by atoms with Crippen molar-refractivity contribution in [3.63, 3.8) is 0 Å². The maximum absolute atomic E-state index is 12.6. The van der Waals surface area contributed by atoms with Gasteiger partial charge in [-0.2, -0.15) is 17.4 Å². The average Bonchev–Trinajstić information content (AvgIpc) is 2.67. The van der Waals surface area contributed by atoms with Gasteiger partial charge in [0.1, 0.15) is 6.04 Å². The Morgan fingerprint density at radius 1 is 1.19 bits per heavy atom. The molecular weight excluding hydrogens is 394 g/mol. The van der Waals surface area contributed by atoms with Crippen molar-refractivity contribution in [3.8, 4) is 0 Å². The minimum atomic E-state index is -3.85. The Kier molecular flexibility index (Phi) is 8.27. The third-order valence-electron chi connectivity index (χ3n) is 4.44. The monoisotopic (exact) mass is 419 g/mol. The second kappa shape index (κ2) is 10.2. The van der Waals surface area contributed by atoms with E-state index in [1.54, 1.807) is 12.1 Å². The molecule has 1 unspecified atom stereocenters. The fourth-order valence-electron chi connectivity index (χ4n) is 2.91. The van der Waals surface area contributed by atoms with E-state index in [1.165, 1.54) is 9.79 Å². The molecule has 0 saturated carbocycles. The van der Waals surface area contributed by atoms with Crippen LogP contribution >= 0.6 is 11.6 Å². The lowest BCUT2D eigenvalue weighted by Gasteiger charge is -2.35. The molecule has 9 nitrogen and oxygen atoms in total. The van der Waals surface area contributed by atoms with Crippen molar-refractivity contribution in [3.05, 3.63) is 29.3 Å². The Balaban J connectivity index is 1.95. The van der Waals surface area contributed by atoms with Crippen LogP contribution in [0.2, 0.25) is 5.02 Å². The second-order valence-electron chi connectivity index (χ2n) is 6.30. The summed E-state index contributed by atoms with van der Waals surface area (Å²) in [4.78, 5) is 13.8. The molecule has 1 aliphatic heterocycles. The van der Waals surface area contributed by atoms with Gasteiger partial charge < -0.3 is 10.6 Å². The van der Waals surface area contributed by atoms with Crippen molar-refractivity contribution in [2.45, 2.75) is 25.3 Å². The van der Waals surface area contributed by atoms with Crippen LogP contribution in [-0.2, 0) is 15.0 Å². The van der Waals surface area contributed by atoms with Gasteiger partial charge in [0.25, 0.3) is 16.1 Å². The Labute approximate surface area is 164 Å². The molecule has 1 aromatic rings. The van der Waals surface area contributed by atoms with E-state index in [-0.39, 0.29) is 19.5 Å². The Morgan fingerprint density at radius 2 is 1.81 bits per heavy atom. The first-order valence-corrected chi connectivity index (χ1v) is 10.6. The molecule has 0 aromatic heterocycles. The zero-order valence-electron chi connectivity index (χ0n) is 15.0. The highest BCUT2D eigenvalue weighted by molar-refractivity contribution is 7.87. The van der Waals surface area contributed by atoms with Crippen LogP contribution in [0.25, 0.3) is 0 Å². The minimum Gasteiger partial charge on any atom is -0.369 e. The van der Waals surface area contributed by atoms with E-state index in [1.807, 2.05) is 12.1 Å². The number of nitrogens with two attached hydrogens (primary N) is 1. The standard InChI is InChI=1S/C16H26ClN5O4S/c17-13-4-6-14(7-5-13)21-9-11-22(12-10-21)27(25,26)20-15(16(23)19-24)3-1-2-8-18/h4-7,15,20,24H,1-3,8-12,18H2,(H,19,23). The third kappa shape index (κ3) is 6.30. The number of hydrogen-bond donors (Lipinski definition) is 4. The van der Waals surface area contributed by atoms with E-state index in [0.717, 1.165) is 5.69 Å². The topological polar surface area (TPSA) is 128 Å². The molecule has 1 heterocycles. The van der Waals surface area contributed by atoms with Crippen LogP contribution in [0.5, 0.6) is 0 Å². The lowest BCUT2D eigenvalue weighted by molar-refractivity contribution is -0.131. The summed E-state index contributed by atoms with van der Waals surface area (Å²) in [5, 5.41) is 9.51. The minimum absolute atomic E-state index is 0.258. The SMILES string of the molecule is NCCCCC(NS(=O)(=O)N1CCN(c2ccc(Cl)cc2)CC1)C(=O)NO. The van der Waals surface area contributed by atoms with Crippen LogP contribution in [0, 0.1) is 0 Å². The number of carbonyl (C=O) groups excluding carboxylic acids is 1. The first-order chi connectivity index (χ1) is 12.9. The predicted molar refractivity (Wildman–Crippen MR) is 104 cm³/mol. The third-order valence-corrected chi connectivity index (χ3v) is 6.31. The van der Waals surface area contributed by atoms with Crippen LogP contribution < -0.4 is 20.8 Å². The summed E-state index contributed by atoms with van der Waals surface area (Å²) in [5.41, 5.74) is 7.92. The largest absolute Gasteiger partial charge is 0.369 e. The van der Waals surface area contributed by atoms with Crippen molar-refractivity contribution in [2.75, 3.05) is 37.6 Å². The molecule has 1 aliphatic rings. The first-order valence-electron chi connectivity index (χ1n) is 8.79. The average molecular weight is 420 g/mol. The van der Waals surface area contributed by atoms with Crippen molar-refractivity contribution < 1.29 is 18.4 Å². The Bertz CT molecular complexity index is 708. The van der Waals surface area contributed by atoms with E-state index in [2.05, 4.69) is 9.62 Å². The quantitative estimate of drug-likeness (QED) is 0.259. The van der Waals surface area contributed by atoms with Gasteiger partial charge in [-0.15, -0.1) is 0 Å². The van der Waals surface area contributed by atoms with Crippen molar-refractivity contribution in [1.82, 2.24) is 14.5 Å². The van der Waals surface area contributed by atoms with Crippen LogP contribution in [0.1, 0.15) is 19.3 Å². The summed E-state index contributed by atoms with van der Waals surface area (Å²) >= 11 is 5.89. The summed E-state index contributed by atoms with van der Waals surface area (Å²) in [6.45, 7) is 2.06. The number of rotatable bonds is 9. The molecular formula is C16H26ClN5O4S. The van der Waals surface area contributed by atoms with Crippen LogP contribution in [0.4, 0.5) is 5.69 Å². The van der Waals surface area contributed by atoms with Crippen molar-refractivity contribution in [1.29, 1.82) is 0 Å². The van der Waals surface area contributed by atoms with Gasteiger partial charge in [-0.1, -0.05) is 18.0 Å². The van der Waals surface area contributed by atoms with Gasteiger partial charge in [0.15, 0.2) is 0 Å². The molecule has 1 saturated heterocycles. The van der Waals surface area contributed by atoms with Gasteiger partial charge in [0.2, 0.25) is 0 Å². The van der Waals surface area contributed by atoms with Crippen LogP contribution in [0.15, 0.2) is 24.3 Å². The number of carbonyl (C=O) groups is 1. The van der Waals surface area contributed by atoms with Gasteiger partial charge in [-0.05, 0) is 43.7 Å². The van der Waals surface area contributed by atoms with E-state index >= 15 is 0 Å². The highest BCUT2D eigenvalue weighted by atomic mass is 35.5. The van der Waals surface area contributed by atoms with E-state index in [9.17, 15) is 13.2 Å². The zero-order valence-corrected chi connectivity index (χ0v) is 16.5. The lowest BCUT2D eigenvalue weighted by Crippen LogP contribution is -2.56. The number of hydroxylamine groups is 1. The molecule has 11 heteroatoms. The molecule has 0 radical (unpaired) electrons. The summed E-state index contributed by atoms with van der Waals surface area (Å²) in [6.07, 6.45) is 1.49. The fourth-order valence-corrected chi connectivity index (χ4v) is 4.41. The molecule has 152 valence electrons. The molecule has 0 aliphatic carbocycles. The number of amides is 1. The Morgan fingerprint density at radius 3 is 2.37 bits per heavy atom. The summed E-state index contributed by atoms with van der Waals surface area (Å²) in [7, 11) is -3.85. The molecule has 5 N–H and O–H groups in total. The highest BCUT2D eigenvalue weighted by Crippen LogP contribution is 2.20. The molecule has 2 rings (SSSR count). The lowest BCUT2D eigenvalue weighted by atomic mass is 10.1. The fraction of sp³-hybridized carbons (Fsp3) is 0.562. The van der Waals surface area contributed by atoms with Gasteiger partial charge in [0.05, 0.1) is 0 Å². The maximum atomic E-state index is 12.6. The number of hydrogen-bond acceptors (Lipinski definition) is 6. The summed E-state index contributed by atoms with van der Waals surface area (Å²) < 4.78 is 28.9. The number of piperazine rings is 1. The van der Waals surface area contributed by atoms with Gasteiger partial charge in [0, 0.05) is 36.9 Å². The molecule has 0 spiro atoms. The van der Waals surface area contributed by atoms with Crippen LogP contribution in [-0.4, -0.2) is 62.6 Å². The molecule has 27 heavy (non-hydrogen) atoms. The highest BCUT2D eigenvalue weighted by Gasteiger charge is 2.31. The molecule has 1 amide bonds. The van der Waals surface area contributed by atoms with E-state index in [0.29, 0.717) is 37.5 Å². The van der Waals surface area contributed by atoms with Gasteiger partial charge in [-0.25, -0.2) is 5.48 Å². The first kappa shape index (κ1) is 21.9. The van der Waals surface area contributed by atoms with Crippen molar-refractivity contribution >= 4 is 33.4 Å². The summed E-state index contributed by atoms with van der Waals surface area (Å²) in [5.74, 6) is -0.782. The smallest absolute Gasteiger partial charge is 0.280 e. The van der Waals surface area contributed by atoms with E-state index < -0.39 is 22.2 Å². The normalized spacial score (nSPS) is 16.9. The maximum Gasteiger partial charge on any atom is 0.280 e. The molecule has 0 bridgehead atoms. The van der Waals surface area contributed by atoms with Crippen LogP contribution in [0.3, 0.4) is 0 Å². The number of halogens is 1. The summed E-state index contributed by atoms with van der Waals surface area (Å²) in [6, 6.07) is 6.33.